The molecule has 0 aliphatic carbocycles. The van der Waals surface area contributed by atoms with Crippen molar-refractivity contribution in [3.8, 4) is 28.4 Å². The van der Waals surface area contributed by atoms with Gasteiger partial charge in [-0.2, -0.15) is 0 Å². The van der Waals surface area contributed by atoms with Crippen LogP contribution in [0.4, 0.5) is 0 Å². The molecule has 1 aliphatic heterocycles. The number of aromatic hydroxyl groups is 1. The van der Waals surface area contributed by atoms with E-state index in [4.69, 9.17) is 9.47 Å². The Balaban J connectivity index is 2.05. The number of carbonyl (C=O) groups is 1. The van der Waals surface area contributed by atoms with Crippen LogP contribution < -0.4 is 9.47 Å². The first-order valence-corrected chi connectivity index (χ1v) is 6.44. The lowest BCUT2D eigenvalue weighted by Gasteiger charge is -2.07. The molecule has 0 aromatic heterocycles. The fraction of sp³-hybridized carbons (Fsp3) is 0.188. The number of benzene rings is 2. The van der Waals surface area contributed by atoms with Gasteiger partial charge in [0, 0.05) is 12.0 Å². The minimum atomic E-state index is 0.00268. The maximum atomic E-state index is 11.8. The van der Waals surface area contributed by atoms with Crippen molar-refractivity contribution in [3.05, 3.63) is 42.0 Å². The highest BCUT2D eigenvalue weighted by Crippen LogP contribution is 2.36. The summed E-state index contributed by atoms with van der Waals surface area (Å²) in [6.45, 7) is 2.02. The predicted octanol–water partition coefficient (Wildman–Crippen LogP) is 3.38. The minimum absolute atomic E-state index is 0.00268. The molecule has 1 aliphatic rings. The average molecular weight is 270 g/mol. The Labute approximate surface area is 116 Å². The fourth-order valence-corrected chi connectivity index (χ4v) is 2.22. The van der Waals surface area contributed by atoms with Crippen LogP contribution in [-0.2, 0) is 0 Å². The number of hydrogen-bond acceptors (Lipinski definition) is 4. The van der Waals surface area contributed by atoms with Crippen LogP contribution in [0.3, 0.4) is 0 Å². The summed E-state index contributed by atoms with van der Waals surface area (Å²) in [7, 11) is 0. The van der Waals surface area contributed by atoms with Gasteiger partial charge in [0.1, 0.15) is 5.75 Å². The summed E-state index contributed by atoms with van der Waals surface area (Å²) < 4.78 is 10.6. The van der Waals surface area contributed by atoms with E-state index < -0.39 is 0 Å². The molecule has 102 valence electrons. The van der Waals surface area contributed by atoms with Gasteiger partial charge in [0.05, 0.1) is 0 Å². The molecule has 0 amide bonds. The summed E-state index contributed by atoms with van der Waals surface area (Å²) in [5.41, 5.74) is 2.16. The summed E-state index contributed by atoms with van der Waals surface area (Å²) in [6, 6.07) is 10.4. The van der Waals surface area contributed by atoms with Gasteiger partial charge in [-0.3, -0.25) is 4.79 Å². The molecule has 0 unspecified atom stereocenters. The maximum absolute atomic E-state index is 11.8. The zero-order valence-electron chi connectivity index (χ0n) is 11.1. The number of carbonyl (C=O) groups excluding carboxylic acids is 1. The van der Waals surface area contributed by atoms with E-state index in [0.717, 1.165) is 11.1 Å². The number of hydrogen-bond donors (Lipinski definition) is 1. The Hall–Kier alpha value is -2.49. The van der Waals surface area contributed by atoms with Gasteiger partial charge in [-0.25, -0.2) is 0 Å². The highest BCUT2D eigenvalue weighted by molar-refractivity contribution is 5.97. The third-order valence-electron chi connectivity index (χ3n) is 3.27. The second kappa shape index (κ2) is 4.89. The number of rotatable bonds is 3. The molecule has 20 heavy (non-hydrogen) atoms. The highest BCUT2D eigenvalue weighted by atomic mass is 16.7. The Morgan fingerprint density at radius 1 is 1.10 bits per heavy atom. The highest BCUT2D eigenvalue weighted by Gasteiger charge is 2.15. The van der Waals surface area contributed by atoms with Crippen molar-refractivity contribution < 1.29 is 19.4 Å². The summed E-state index contributed by atoms with van der Waals surface area (Å²) in [6.07, 6.45) is 0.407. The van der Waals surface area contributed by atoms with Crippen LogP contribution in [0.5, 0.6) is 17.2 Å². The van der Waals surface area contributed by atoms with Crippen LogP contribution in [0.2, 0.25) is 0 Å². The Kier molecular flexibility index (Phi) is 3.06. The van der Waals surface area contributed by atoms with E-state index in [0.29, 0.717) is 23.5 Å². The lowest BCUT2D eigenvalue weighted by atomic mass is 9.99. The molecule has 0 saturated heterocycles. The molecule has 2 aromatic rings. The topological polar surface area (TPSA) is 55.8 Å². The van der Waals surface area contributed by atoms with E-state index in [1.807, 2.05) is 18.2 Å². The van der Waals surface area contributed by atoms with Crippen molar-refractivity contribution >= 4 is 5.78 Å². The van der Waals surface area contributed by atoms with Crippen molar-refractivity contribution in [1.82, 2.24) is 0 Å². The third-order valence-corrected chi connectivity index (χ3v) is 3.27. The predicted molar refractivity (Wildman–Crippen MR) is 74.3 cm³/mol. The first kappa shape index (κ1) is 12.5. The van der Waals surface area contributed by atoms with Gasteiger partial charge in [-0.15, -0.1) is 0 Å². The average Bonchev–Trinajstić information content (AvgIpc) is 2.93. The van der Waals surface area contributed by atoms with Crippen molar-refractivity contribution in [2.75, 3.05) is 6.79 Å². The second-order valence-corrected chi connectivity index (χ2v) is 4.61. The number of fused-ring (bicyclic) bond motifs is 1. The van der Waals surface area contributed by atoms with Gasteiger partial charge in [0.2, 0.25) is 6.79 Å². The van der Waals surface area contributed by atoms with Gasteiger partial charge in [0.15, 0.2) is 17.3 Å². The van der Waals surface area contributed by atoms with E-state index in [9.17, 15) is 9.90 Å². The lowest BCUT2D eigenvalue weighted by Crippen LogP contribution is -1.96. The SMILES string of the molecule is CCC(=O)c1cc(O)cc(-c2ccc3c(c2)OCO3)c1. The molecule has 1 N–H and O–H groups in total. The standard InChI is InChI=1S/C16H14O4/c1-2-14(18)12-5-11(6-13(17)7-12)10-3-4-15-16(8-10)20-9-19-15/h3-8,17H,2,9H2,1H3. The van der Waals surface area contributed by atoms with Crippen LogP contribution in [0.15, 0.2) is 36.4 Å². The van der Waals surface area contributed by atoms with Gasteiger partial charge in [-0.05, 0) is 41.5 Å². The number of Topliss-reactive ketones (excluding diaryl/α,β-unsaturated/α-hetero) is 1. The van der Waals surface area contributed by atoms with Crippen molar-refractivity contribution in [2.24, 2.45) is 0 Å². The quantitative estimate of drug-likeness (QED) is 0.869. The van der Waals surface area contributed by atoms with Crippen LogP contribution >= 0.6 is 0 Å². The van der Waals surface area contributed by atoms with Crippen molar-refractivity contribution in [1.29, 1.82) is 0 Å². The van der Waals surface area contributed by atoms with E-state index in [2.05, 4.69) is 0 Å². The molecular formula is C16H14O4. The monoisotopic (exact) mass is 270 g/mol. The van der Waals surface area contributed by atoms with E-state index in [1.165, 1.54) is 6.07 Å². The first-order valence-electron chi connectivity index (χ1n) is 6.44. The number of ketones is 1. The largest absolute Gasteiger partial charge is 0.508 e. The van der Waals surface area contributed by atoms with Crippen LogP contribution in [0, 0.1) is 0 Å². The zero-order valence-corrected chi connectivity index (χ0v) is 11.1. The van der Waals surface area contributed by atoms with Gasteiger partial charge < -0.3 is 14.6 Å². The van der Waals surface area contributed by atoms with Gasteiger partial charge >= 0.3 is 0 Å². The maximum Gasteiger partial charge on any atom is 0.231 e. The normalized spacial score (nSPS) is 12.4. The zero-order chi connectivity index (χ0) is 14.1. The Morgan fingerprint density at radius 3 is 2.70 bits per heavy atom. The third kappa shape index (κ3) is 2.20. The summed E-state index contributed by atoms with van der Waals surface area (Å²) in [5, 5.41) is 9.78. The molecule has 2 aromatic carbocycles. The lowest BCUT2D eigenvalue weighted by molar-refractivity contribution is 0.0988. The molecule has 0 spiro atoms. The molecule has 3 rings (SSSR count). The smallest absolute Gasteiger partial charge is 0.231 e. The van der Waals surface area contributed by atoms with Crippen LogP contribution in [0.1, 0.15) is 23.7 Å². The summed E-state index contributed by atoms with van der Waals surface area (Å²) >= 11 is 0. The molecule has 0 fully saturated rings. The molecule has 0 radical (unpaired) electrons. The number of phenolic OH excluding ortho intramolecular Hbond substituents is 1. The van der Waals surface area contributed by atoms with Gasteiger partial charge in [0.25, 0.3) is 0 Å². The molecule has 0 bridgehead atoms. The van der Waals surface area contributed by atoms with Gasteiger partial charge in [-0.1, -0.05) is 13.0 Å². The second-order valence-electron chi connectivity index (χ2n) is 4.61. The van der Waals surface area contributed by atoms with E-state index >= 15 is 0 Å². The minimum Gasteiger partial charge on any atom is -0.508 e. The summed E-state index contributed by atoms with van der Waals surface area (Å²) in [5.74, 6) is 1.47. The van der Waals surface area contributed by atoms with E-state index in [-0.39, 0.29) is 18.3 Å². The molecular weight excluding hydrogens is 256 g/mol. The molecule has 4 nitrogen and oxygen atoms in total. The van der Waals surface area contributed by atoms with Crippen LogP contribution in [0.25, 0.3) is 11.1 Å². The molecule has 0 saturated carbocycles. The number of ether oxygens (including phenoxy) is 2. The molecule has 1 heterocycles. The molecule has 4 heteroatoms. The van der Waals surface area contributed by atoms with Crippen LogP contribution in [-0.4, -0.2) is 17.7 Å². The Morgan fingerprint density at radius 2 is 1.90 bits per heavy atom. The van der Waals surface area contributed by atoms with E-state index in [1.54, 1.807) is 19.1 Å². The van der Waals surface area contributed by atoms with Crippen molar-refractivity contribution in [2.45, 2.75) is 13.3 Å². The Bertz CT molecular complexity index is 676. The number of phenols is 1. The summed E-state index contributed by atoms with van der Waals surface area (Å²) in [4.78, 5) is 11.8. The molecule has 0 atom stereocenters. The van der Waals surface area contributed by atoms with Crippen molar-refractivity contribution in [3.63, 3.8) is 0 Å². The first-order chi connectivity index (χ1) is 9.67. The fourth-order valence-electron chi connectivity index (χ4n) is 2.22.